The fourth-order valence-electron chi connectivity index (χ4n) is 1.98. The third-order valence-electron chi connectivity index (χ3n) is 2.93. The molecular formula is C11H22N2O3. The van der Waals surface area contributed by atoms with E-state index in [4.69, 9.17) is 15.2 Å². The van der Waals surface area contributed by atoms with E-state index in [0.717, 1.165) is 32.5 Å². The predicted octanol–water partition coefficient (Wildman–Crippen LogP) is -0.0124. The molecule has 1 atom stereocenters. The molecule has 94 valence electrons. The highest BCUT2D eigenvalue weighted by molar-refractivity contribution is 5.81. The lowest BCUT2D eigenvalue weighted by molar-refractivity contribution is -0.143. The van der Waals surface area contributed by atoms with Gasteiger partial charge in [-0.2, -0.15) is 0 Å². The molecule has 1 amide bonds. The third-order valence-corrected chi connectivity index (χ3v) is 2.93. The smallest absolute Gasteiger partial charge is 0.253 e. The van der Waals surface area contributed by atoms with Crippen molar-refractivity contribution in [3.05, 3.63) is 0 Å². The van der Waals surface area contributed by atoms with Crippen LogP contribution in [0.25, 0.3) is 0 Å². The summed E-state index contributed by atoms with van der Waals surface area (Å²) in [6.45, 7) is 4.45. The Hall–Kier alpha value is -0.650. The zero-order valence-electron chi connectivity index (χ0n) is 10.1. The fourth-order valence-corrected chi connectivity index (χ4v) is 1.98. The topological polar surface area (TPSA) is 64.8 Å². The van der Waals surface area contributed by atoms with Gasteiger partial charge < -0.3 is 20.1 Å². The molecule has 5 nitrogen and oxygen atoms in total. The van der Waals surface area contributed by atoms with Gasteiger partial charge in [0.25, 0.3) is 5.91 Å². The largest absolute Gasteiger partial charge is 0.378 e. The minimum atomic E-state index is -0.497. The van der Waals surface area contributed by atoms with E-state index in [1.807, 2.05) is 11.8 Å². The van der Waals surface area contributed by atoms with Gasteiger partial charge >= 0.3 is 0 Å². The van der Waals surface area contributed by atoms with Gasteiger partial charge in [0, 0.05) is 33.4 Å². The van der Waals surface area contributed by atoms with Gasteiger partial charge in [0.15, 0.2) is 0 Å². The molecule has 5 heteroatoms. The lowest BCUT2D eigenvalue weighted by Crippen LogP contribution is -2.48. The van der Waals surface area contributed by atoms with Gasteiger partial charge in [0.05, 0.1) is 6.10 Å². The van der Waals surface area contributed by atoms with Gasteiger partial charge in [-0.15, -0.1) is 0 Å². The summed E-state index contributed by atoms with van der Waals surface area (Å²) < 4.78 is 10.6. The number of amides is 1. The number of piperidine rings is 1. The van der Waals surface area contributed by atoms with Crippen molar-refractivity contribution in [2.24, 2.45) is 5.73 Å². The molecule has 2 N–H and O–H groups in total. The second-order valence-corrected chi connectivity index (χ2v) is 3.94. The number of rotatable bonds is 5. The Balaban J connectivity index is 2.38. The highest BCUT2D eigenvalue weighted by Gasteiger charge is 2.27. The first-order valence-corrected chi connectivity index (χ1v) is 5.86. The summed E-state index contributed by atoms with van der Waals surface area (Å²) in [4.78, 5) is 13.7. The van der Waals surface area contributed by atoms with E-state index in [9.17, 15) is 4.79 Å². The molecule has 0 aliphatic carbocycles. The van der Waals surface area contributed by atoms with Gasteiger partial charge in [-0.05, 0) is 19.8 Å². The third kappa shape index (κ3) is 3.43. The Labute approximate surface area is 96.9 Å². The van der Waals surface area contributed by atoms with Crippen LogP contribution >= 0.6 is 0 Å². The summed E-state index contributed by atoms with van der Waals surface area (Å²) in [5.74, 6) is -0.0000477. The van der Waals surface area contributed by atoms with Crippen molar-refractivity contribution >= 4 is 5.91 Å². The zero-order valence-corrected chi connectivity index (χ0v) is 10.1. The Kier molecular flexibility index (Phi) is 5.73. The predicted molar refractivity (Wildman–Crippen MR) is 61.1 cm³/mol. The van der Waals surface area contributed by atoms with Crippen molar-refractivity contribution in [2.75, 3.05) is 33.4 Å². The van der Waals surface area contributed by atoms with Crippen molar-refractivity contribution < 1.29 is 14.3 Å². The number of hydrogen-bond donors (Lipinski definition) is 1. The SMILES string of the molecule is CCOC1CCN(C(=O)C(CN)OC)CC1. The first kappa shape index (κ1) is 13.4. The van der Waals surface area contributed by atoms with Crippen LogP contribution < -0.4 is 5.73 Å². The quantitative estimate of drug-likeness (QED) is 0.721. The molecule has 0 saturated carbocycles. The minimum absolute atomic E-state index is 0.0000477. The van der Waals surface area contributed by atoms with Gasteiger partial charge in [0.2, 0.25) is 0 Å². The molecule has 0 spiro atoms. The van der Waals surface area contributed by atoms with Crippen LogP contribution in [0.3, 0.4) is 0 Å². The molecule has 1 aliphatic heterocycles. The molecule has 0 aromatic rings. The maximum atomic E-state index is 11.9. The van der Waals surface area contributed by atoms with E-state index in [0.29, 0.717) is 6.10 Å². The van der Waals surface area contributed by atoms with Crippen molar-refractivity contribution in [3.63, 3.8) is 0 Å². The molecule has 0 radical (unpaired) electrons. The average Bonchev–Trinajstić information content (AvgIpc) is 2.32. The summed E-state index contributed by atoms with van der Waals surface area (Å²) in [6, 6.07) is 0. The molecule has 1 fully saturated rings. The van der Waals surface area contributed by atoms with Crippen molar-refractivity contribution in [2.45, 2.75) is 32.0 Å². The van der Waals surface area contributed by atoms with Gasteiger partial charge in [-0.25, -0.2) is 0 Å². The average molecular weight is 230 g/mol. The van der Waals surface area contributed by atoms with Crippen LogP contribution in [0.1, 0.15) is 19.8 Å². The lowest BCUT2D eigenvalue weighted by atomic mass is 10.1. The molecule has 1 heterocycles. The van der Waals surface area contributed by atoms with Crippen LogP contribution in [0.5, 0.6) is 0 Å². The van der Waals surface area contributed by atoms with Crippen molar-refractivity contribution in [1.82, 2.24) is 4.90 Å². The number of nitrogens with zero attached hydrogens (tertiary/aromatic N) is 1. The van der Waals surface area contributed by atoms with Crippen LogP contribution in [0.15, 0.2) is 0 Å². The summed E-state index contributed by atoms with van der Waals surface area (Å²) in [5, 5.41) is 0. The van der Waals surface area contributed by atoms with E-state index in [1.165, 1.54) is 7.11 Å². The van der Waals surface area contributed by atoms with Crippen LogP contribution in [-0.4, -0.2) is 56.4 Å². The van der Waals surface area contributed by atoms with E-state index in [-0.39, 0.29) is 12.5 Å². The van der Waals surface area contributed by atoms with Gasteiger partial charge in [-0.3, -0.25) is 4.79 Å². The second kappa shape index (κ2) is 6.83. The monoisotopic (exact) mass is 230 g/mol. The van der Waals surface area contributed by atoms with Crippen molar-refractivity contribution in [1.29, 1.82) is 0 Å². The van der Waals surface area contributed by atoms with E-state index >= 15 is 0 Å². The van der Waals surface area contributed by atoms with E-state index < -0.39 is 6.10 Å². The Morgan fingerprint density at radius 1 is 1.50 bits per heavy atom. The molecule has 0 aromatic carbocycles. The standard InChI is InChI=1S/C11H22N2O3/c1-3-16-9-4-6-13(7-5-9)11(14)10(8-12)15-2/h9-10H,3-8,12H2,1-2H3. The zero-order chi connectivity index (χ0) is 12.0. The molecule has 0 aromatic heterocycles. The number of hydrogen-bond acceptors (Lipinski definition) is 4. The van der Waals surface area contributed by atoms with Crippen molar-refractivity contribution in [3.8, 4) is 0 Å². The first-order valence-electron chi connectivity index (χ1n) is 5.86. The Bertz CT molecular complexity index is 211. The number of ether oxygens (including phenoxy) is 2. The van der Waals surface area contributed by atoms with Crippen LogP contribution in [-0.2, 0) is 14.3 Å². The number of likely N-dealkylation sites (tertiary alicyclic amines) is 1. The van der Waals surface area contributed by atoms with Gasteiger partial charge in [-0.1, -0.05) is 0 Å². The summed E-state index contributed by atoms with van der Waals surface area (Å²) in [6.07, 6.45) is 1.61. The summed E-state index contributed by atoms with van der Waals surface area (Å²) >= 11 is 0. The molecule has 1 rings (SSSR count). The molecular weight excluding hydrogens is 208 g/mol. The maximum absolute atomic E-state index is 11.9. The first-order chi connectivity index (χ1) is 7.72. The molecule has 1 aliphatic rings. The Morgan fingerprint density at radius 2 is 2.12 bits per heavy atom. The highest BCUT2D eigenvalue weighted by Crippen LogP contribution is 2.14. The number of carbonyl (C=O) groups excluding carboxylic acids is 1. The normalized spacial score (nSPS) is 19.8. The molecule has 1 unspecified atom stereocenters. The molecule has 16 heavy (non-hydrogen) atoms. The van der Waals surface area contributed by atoms with Crippen LogP contribution in [0.4, 0.5) is 0 Å². The fraction of sp³-hybridized carbons (Fsp3) is 0.909. The highest BCUT2D eigenvalue weighted by atomic mass is 16.5. The molecule has 1 saturated heterocycles. The van der Waals surface area contributed by atoms with E-state index in [2.05, 4.69) is 0 Å². The maximum Gasteiger partial charge on any atom is 0.253 e. The Morgan fingerprint density at radius 3 is 2.56 bits per heavy atom. The number of carbonyl (C=O) groups is 1. The lowest BCUT2D eigenvalue weighted by Gasteiger charge is -2.33. The van der Waals surface area contributed by atoms with E-state index in [1.54, 1.807) is 0 Å². The molecule has 0 bridgehead atoms. The number of nitrogens with two attached hydrogens (primary N) is 1. The second-order valence-electron chi connectivity index (χ2n) is 3.94. The number of methoxy groups -OCH3 is 1. The minimum Gasteiger partial charge on any atom is -0.378 e. The van der Waals surface area contributed by atoms with Gasteiger partial charge in [0.1, 0.15) is 6.10 Å². The summed E-state index contributed by atoms with van der Waals surface area (Å²) in [7, 11) is 1.52. The van der Waals surface area contributed by atoms with Crippen LogP contribution in [0, 0.1) is 0 Å². The summed E-state index contributed by atoms with van der Waals surface area (Å²) in [5.41, 5.74) is 5.47. The van der Waals surface area contributed by atoms with Crippen LogP contribution in [0.2, 0.25) is 0 Å².